The molecule has 1 aliphatic carbocycles. The maximum atomic E-state index is 13.1. The second-order valence-corrected chi connectivity index (χ2v) is 7.74. The average Bonchev–Trinajstić information content (AvgIpc) is 3.41. The van der Waals surface area contributed by atoms with Crippen LogP contribution in [0.3, 0.4) is 0 Å². The summed E-state index contributed by atoms with van der Waals surface area (Å²) in [6.07, 6.45) is 3.07. The van der Waals surface area contributed by atoms with Gasteiger partial charge in [-0.15, -0.1) is 0 Å². The Hall–Kier alpha value is -3.09. The van der Waals surface area contributed by atoms with Crippen LogP contribution < -0.4 is 20.9 Å². The highest BCUT2D eigenvalue weighted by Gasteiger charge is 2.24. The molecule has 1 saturated carbocycles. The number of carbonyl (C=O) groups excluding carboxylic acids is 2. The minimum Gasteiger partial charge on any atom is -0.371 e. The number of benzene rings is 2. The predicted octanol–water partition coefficient (Wildman–Crippen LogP) is 3.37. The fourth-order valence-electron chi connectivity index (χ4n) is 3.50. The molecule has 4 rings (SSSR count). The molecule has 2 aromatic rings. The lowest BCUT2D eigenvalue weighted by Crippen LogP contribution is -2.34. The number of halogens is 1. The number of carbonyl (C=O) groups is 2. The van der Waals surface area contributed by atoms with Crippen molar-refractivity contribution in [3.05, 3.63) is 59.9 Å². The van der Waals surface area contributed by atoms with E-state index in [0.717, 1.165) is 38.0 Å². The van der Waals surface area contributed by atoms with Crippen LogP contribution in [0.25, 0.3) is 0 Å². The Morgan fingerprint density at radius 1 is 1.00 bits per heavy atom. The largest absolute Gasteiger partial charge is 0.371 e. The van der Waals surface area contributed by atoms with Crippen molar-refractivity contribution in [3.8, 4) is 0 Å². The highest BCUT2D eigenvalue weighted by atomic mass is 19.1. The molecule has 2 aromatic carbocycles. The third kappa shape index (κ3) is 5.25. The van der Waals surface area contributed by atoms with Crippen LogP contribution in [0.2, 0.25) is 0 Å². The maximum absolute atomic E-state index is 13.1. The number of hydrogen-bond acceptors (Lipinski definition) is 3. The van der Waals surface area contributed by atoms with Crippen molar-refractivity contribution in [3.63, 3.8) is 0 Å². The first-order chi connectivity index (χ1) is 14.1. The number of nitrogens with zero attached hydrogens (tertiary/aromatic N) is 1. The Morgan fingerprint density at radius 3 is 2.41 bits per heavy atom. The van der Waals surface area contributed by atoms with Crippen molar-refractivity contribution >= 4 is 23.3 Å². The Morgan fingerprint density at radius 2 is 1.72 bits per heavy atom. The molecule has 1 atom stereocenters. The molecule has 152 valence electrons. The zero-order valence-corrected chi connectivity index (χ0v) is 16.2. The van der Waals surface area contributed by atoms with Gasteiger partial charge in [0.05, 0.1) is 0 Å². The van der Waals surface area contributed by atoms with Gasteiger partial charge in [-0.2, -0.15) is 0 Å². The molecule has 1 saturated heterocycles. The molecule has 6 nitrogen and oxygen atoms in total. The van der Waals surface area contributed by atoms with Crippen molar-refractivity contribution in [2.24, 2.45) is 5.92 Å². The molecule has 1 aliphatic heterocycles. The van der Waals surface area contributed by atoms with E-state index in [4.69, 9.17) is 0 Å². The van der Waals surface area contributed by atoms with Crippen molar-refractivity contribution in [2.45, 2.75) is 25.3 Å². The first kappa shape index (κ1) is 19.2. The van der Waals surface area contributed by atoms with Gasteiger partial charge in [-0.25, -0.2) is 9.18 Å². The quantitative estimate of drug-likeness (QED) is 0.701. The number of urea groups is 1. The van der Waals surface area contributed by atoms with E-state index in [2.05, 4.69) is 20.9 Å². The van der Waals surface area contributed by atoms with Crippen LogP contribution in [-0.2, 0) is 0 Å². The summed E-state index contributed by atoms with van der Waals surface area (Å²) in [6, 6.07) is 13.4. The monoisotopic (exact) mass is 396 g/mol. The average molecular weight is 396 g/mol. The standard InChI is InChI=1S/C22H25FN4O2/c23-17-3-9-20(10-4-17)27-12-11-15(14-27)13-24-22(29)26-19-5-1-16(2-6-19)21(28)25-18-7-8-18/h1-6,9-10,15,18H,7-8,11-14H2,(H,25,28)(H2,24,26,29). The minimum atomic E-state index is -0.264. The molecule has 3 N–H and O–H groups in total. The first-order valence-electron chi connectivity index (χ1n) is 10.0. The van der Waals surface area contributed by atoms with Crippen LogP contribution in [0.5, 0.6) is 0 Å². The SMILES string of the molecule is O=C(NCC1CCN(c2ccc(F)cc2)C1)Nc1ccc(C(=O)NC2CC2)cc1. The van der Waals surface area contributed by atoms with Crippen LogP contribution >= 0.6 is 0 Å². The van der Waals surface area contributed by atoms with E-state index in [1.54, 1.807) is 36.4 Å². The van der Waals surface area contributed by atoms with E-state index in [9.17, 15) is 14.0 Å². The Labute approximate surface area is 169 Å². The number of nitrogens with one attached hydrogen (secondary N) is 3. The molecule has 7 heteroatoms. The molecule has 0 spiro atoms. The van der Waals surface area contributed by atoms with Gasteiger partial charge in [0.15, 0.2) is 0 Å². The van der Waals surface area contributed by atoms with Crippen LogP contribution in [-0.4, -0.2) is 37.6 Å². The van der Waals surface area contributed by atoms with Gasteiger partial charge in [0.2, 0.25) is 0 Å². The fraction of sp³-hybridized carbons (Fsp3) is 0.364. The van der Waals surface area contributed by atoms with Crippen LogP contribution in [0, 0.1) is 11.7 Å². The van der Waals surface area contributed by atoms with Gasteiger partial charge >= 0.3 is 6.03 Å². The molecule has 0 radical (unpaired) electrons. The second kappa shape index (κ2) is 8.51. The summed E-state index contributed by atoms with van der Waals surface area (Å²) in [5.74, 6) is 0.0363. The lowest BCUT2D eigenvalue weighted by molar-refractivity contribution is 0.0951. The van der Waals surface area contributed by atoms with E-state index >= 15 is 0 Å². The zero-order chi connectivity index (χ0) is 20.2. The third-order valence-corrected chi connectivity index (χ3v) is 5.35. The van der Waals surface area contributed by atoms with E-state index in [1.807, 2.05) is 0 Å². The first-order valence-corrected chi connectivity index (χ1v) is 10.0. The molecule has 1 heterocycles. The van der Waals surface area contributed by atoms with E-state index in [1.165, 1.54) is 12.1 Å². The lowest BCUT2D eigenvalue weighted by Gasteiger charge is -2.19. The molecule has 2 fully saturated rings. The van der Waals surface area contributed by atoms with Crippen molar-refractivity contribution < 1.29 is 14.0 Å². The minimum absolute atomic E-state index is 0.0737. The summed E-state index contributed by atoms with van der Waals surface area (Å²) in [5.41, 5.74) is 2.24. The molecule has 0 aromatic heterocycles. The summed E-state index contributed by atoms with van der Waals surface area (Å²) in [4.78, 5) is 26.4. The summed E-state index contributed by atoms with van der Waals surface area (Å²) in [7, 11) is 0. The van der Waals surface area contributed by atoms with Crippen molar-refractivity contribution in [2.75, 3.05) is 29.9 Å². The predicted molar refractivity (Wildman–Crippen MR) is 111 cm³/mol. The molecule has 1 unspecified atom stereocenters. The van der Waals surface area contributed by atoms with Crippen LogP contribution in [0.4, 0.5) is 20.6 Å². The smallest absolute Gasteiger partial charge is 0.319 e. The zero-order valence-electron chi connectivity index (χ0n) is 16.2. The summed E-state index contributed by atoms with van der Waals surface area (Å²) < 4.78 is 13.1. The van der Waals surface area contributed by atoms with Gasteiger partial charge in [-0.3, -0.25) is 4.79 Å². The normalized spacial score (nSPS) is 18.4. The Kier molecular flexibility index (Phi) is 5.64. The molecule has 2 aliphatic rings. The maximum Gasteiger partial charge on any atom is 0.319 e. The van der Waals surface area contributed by atoms with Crippen LogP contribution in [0.15, 0.2) is 48.5 Å². The summed E-state index contributed by atoms with van der Waals surface area (Å²) >= 11 is 0. The fourth-order valence-corrected chi connectivity index (χ4v) is 3.50. The van der Waals surface area contributed by atoms with E-state index in [-0.39, 0.29) is 17.8 Å². The third-order valence-electron chi connectivity index (χ3n) is 5.35. The number of hydrogen-bond donors (Lipinski definition) is 3. The second-order valence-electron chi connectivity index (χ2n) is 7.74. The van der Waals surface area contributed by atoms with Gasteiger partial charge < -0.3 is 20.9 Å². The number of amides is 3. The Balaban J connectivity index is 1.21. The molecule has 29 heavy (non-hydrogen) atoms. The topological polar surface area (TPSA) is 73.5 Å². The van der Waals surface area contributed by atoms with Gasteiger partial charge in [-0.05, 0) is 73.7 Å². The van der Waals surface area contributed by atoms with Gasteiger partial charge in [0, 0.05) is 42.6 Å². The molecular weight excluding hydrogens is 371 g/mol. The van der Waals surface area contributed by atoms with E-state index in [0.29, 0.717) is 29.8 Å². The molecular formula is C22H25FN4O2. The highest BCUT2D eigenvalue weighted by Crippen LogP contribution is 2.23. The highest BCUT2D eigenvalue weighted by molar-refractivity contribution is 5.95. The Bertz CT molecular complexity index is 865. The summed E-state index contributed by atoms with van der Waals surface area (Å²) in [5, 5.41) is 8.65. The van der Waals surface area contributed by atoms with E-state index < -0.39 is 0 Å². The lowest BCUT2D eigenvalue weighted by atomic mass is 10.1. The summed E-state index contributed by atoms with van der Waals surface area (Å²) in [6.45, 7) is 2.30. The van der Waals surface area contributed by atoms with Crippen LogP contribution in [0.1, 0.15) is 29.6 Å². The van der Waals surface area contributed by atoms with Crippen molar-refractivity contribution in [1.29, 1.82) is 0 Å². The molecule has 3 amide bonds. The number of anilines is 2. The van der Waals surface area contributed by atoms with Gasteiger partial charge in [0.25, 0.3) is 5.91 Å². The van der Waals surface area contributed by atoms with Crippen molar-refractivity contribution in [1.82, 2.24) is 10.6 Å². The van der Waals surface area contributed by atoms with Gasteiger partial charge in [-0.1, -0.05) is 0 Å². The molecule has 0 bridgehead atoms. The van der Waals surface area contributed by atoms with Gasteiger partial charge in [0.1, 0.15) is 5.82 Å². The number of rotatable bonds is 6.